The Morgan fingerprint density at radius 3 is 2.82 bits per heavy atom. The number of fused-ring (bicyclic) bond motifs is 2. The maximum Gasteiger partial charge on any atom is 0.162 e. The molecule has 0 spiro atoms. The lowest BCUT2D eigenvalue weighted by Crippen LogP contribution is -2.10. The van der Waals surface area contributed by atoms with Crippen molar-refractivity contribution in [3.05, 3.63) is 65.9 Å². The zero-order valence-corrected chi connectivity index (χ0v) is 18.9. The molecule has 6 aromatic rings. The van der Waals surface area contributed by atoms with Crippen molar-refractivity contribution in [3.8, 4) is 33.2 Å². The van der Waals surface area contributed by atoms with Crippen molar-refractivity contribution >= 4 is 33.5 Å². The molecule has 6 heterocycles. The molecule has 0 aliphatic heterocycles. The highest BCUT2D eigenvalue weighted by molar-refractivity contribution is 7.13. The van der Waals surface area contributed by atoms with Crippen LogP contribution in [0.4, 0.5) is 0 Å². The Bertz CT molecular complexity index is 1580. The first-order chi connectivity index (χ1) is 16.2. The Hall–Kier alpha value is -3.95. The molecule has 33 heavy (non-hydrogen) atoms. The number of nitrogens with zero attached hydrogens (tertiary/aromatic N) is 6. The summed E-state index contributed by atoms with van der Waals surface area (Å²) in [5.41, 5.74) is 7.80. The van der Waals surface area contributed by atoms with Gasteiger partial charge in [0.1, 0.15) is 11.0 Å². The van der Waals surface area contributed by atoms with Crippen molar-refractivity contribution in [1.82, 2.24) is 40.0 Å². The molecule has 6 rings (SSSR count). The lowest BCUT2D eigenvalue weighted by molar-refractivity contribution is 0.402. The molecule has 0 amide bonds. The minimum absolute atomic E-state index is 0.636. The van der Waals surface area contributed by atoms with E-state index >= 15 is 0 Å². The molecule has 0 saturated carbocycles. The molecule has 0 aliphatic rings. The number of hydrogen-bond donors (Lipinski definition) is 2. The molecule has 0 saturated heterocycles. The maximum absolute atomic E-state index is 4.92. The van der Waals surface area contributed by atoms with Crippen molar-refractivity contribution in [3.63, 3.8) is 0 Å². The summed E-state index contributed by atoms with van der Waals surface area (Å²) in [7, 11) is 4.08. The van der Waals surface area contributed by atoms with E-state index in [-0.39, 0.29) is 0 Å². The fraction of sp³-hybridized carbons (Fsp3) is 0.125. The van der Waals surface area contributed by atoms with E-state index < -0.39 is 0 Å². The van der Waals surface area contributed by atoms with Gasteiger partial charge in [-0.2, -0.15) is 5.10 Å². The normalized spacial score (nSPS) is 11.7. The van der Waals surface area contributed by atoms with Crippen LogP contribution in [-0.2, 0) is 6.54 Å². The highest BCUT2D eigenvalue weighted by Crippen LogP contribution is 2.32. The van der Waals surface area contributed by atoms with Gasteiger partial charge in [0.25, 0.3) is 0 Å². The third-order valence-electron chi connectivity index (χ3n) is 5.39. The zero-order chi connectivity index (χ0) is 22.4. The number of thiophene rings is 1. The van der Waals surface area contributed by atoms with Crippen molar-refractivity contribution in [2.24, 2.45) is 0 Å². The fourth-order valence-electron chi connectivity index (χ4n) is 3.96. The van der Waals surface area contributed by atoms with Crippen LogP contribution in [0.2, 0.25) is 0 Å². The Labute approximate surface area is 193 Å². The quantitative estimate of drug-likeness (QED) is 0.392. The standard InChI is InChI=1S/C24H20N8S/c1-32(2)13-14-10-15(12-25-11-14)17-5-6-18-21(27-17)22(31-30-18)24-28-20-16(19-4-3-9-33-19)7-8-26-23(20)29-24/h3-12H,13H2,1-2H3,(H,30,31)(H,26,28,29). The van der Waals surface area contributed by atoms with Gasteiger partial charge in [-0.1, -0.05) is 6.07 Å². The van der Waals surface area contributed by atoms with E-state index in [0.717, 1.165) is 56.0 Å². The minimum atomic E-state index is 0.636. The van der Waals surface area contributed by atoms with Crippen molar-refractivity contribution in [2.75, 3.05) is 14.1 Å². The van der Waals surface area contributed by atoms with E-state index in [2.05, 4.69) is 47.6 Å². The van der Waals surface area contributed by atoms with Crippen LogP contribution in [0.25, 0.3) is 55.4 Å². The van der Waals surface area contributed by atoms with Crippen LogP contribution in [-0.4, -0.2) is 54.1 Å². The van der Waals surface area contributed by atoms with E-state index in [9.17, 15) is 0 Å². The molecule has 0 bridgehead atoms. The highest BCUT2D eigenvalue weighted by atomic mass is 32.1. The molecule has 0 atom stereocenters. The molecule has 0 radical (unpaired) electrons. The lowest BCUT2D eigenvalue weighted by Gasteiger charge is -2.10. The molecule has 6 aromatic heterocycles. The summed E-state index contributed by atoms with van der Waals surface area (Å²) in [6.45, 7) is 0.818. The van der Waals surface area contributed by atoms with Crippen LogP contribution < -0.4 is 0 Å². The number of aromatic amines is 2. The first kappa shape index (κ1) is 19.7. The maximum atomic E-state index is 4.92. The zero-order valence-electron chi connectivity index (χ0n) is 18.1. The third kappa shape index (κ3) is 3.57. The topological polar surface area (TPSA) is 99.3 Å². The molecule has 9 heteroatoms. The van der Waals surface area contributed by atoms with Crippen LogP contribution >= 0.6 is 11.3 Å². The summed E-state index contributed by atoms with van der Waals surface area (Å²) in [6.07, 6.45) is 5.52. The first-order valence-corrected chi connectivity index (χ1v) is 11.4. The smallest absolute Gasteiger partial charge is 0.162 e. The van der Waals surface area contributed by atoms with Gasteiger partial charge in [-0.3, -0.25) is 10.1 Å². The molecular weight excluding hydrogens is 432 g/mol. The number of pyridine rings is 3. The van der Waals surface area contributed by atoms with Crippen molar-refractivity contribution in [2.45, 2.75) is 6.54 Å². The largest absolute Gasteiger partial charge is 0.321 e. The Morgan fingerprint density at radius 1 is 1.03 bits per heavy atom. The third-order valence-corrected chi connectivity index (χ3v) is 6.30. The van der Waals surface area contributed by atoms with E-state index in [1.165, 1.54) is 0 Å². The van der Waals surface area contributed by atoms with Gasteiger partial charge < -0.3 is 9.88 Å². The molecule has 0 fully saturated rings. The van der Waals surface area contributed by atoms with Gasteiger partial charge in [0.15, 0.2) is 17.2 Å². The Morgan fingerprint density at radius 2 is 1.97 bits per heavy atom. The predicted octanol–water partition coefficient (Wildman–Crippen LogP) is 4.75. The summed E-state index contributed by atoms with van der Waals surface area (Å²) in [6, 6.07) is 12.2. The molecule has 162 valence electrons. The van der Waals surface area contributed by atoms with Crippen LogP contribution in [0.15, 0.2) is 60.4 Å². The van der Waals surface area contributed by atoms with E-state index in [1.54, 1.807) is 17.5 Å². The Balaban J connectivity index is 1.45. The number of imidazole rings is 1. The average Bonchev–Trinajstić information content (AvgIpc) is 3.57. The van der Waals surface area contributed by atoms with Gasteiger partial charge in [0.2, 0.25) is 0 Å². The fourth-order valence-corrected chi connectivity index (χ4v) is 4.71. The second-order valence-corrected chi connectivity index (χ2v) is 9.05. The molecule has 2 N–H and O–H groups in total. The van der Waals surface area contributed by atoms with Gasteiger partial charge in [-0.15, -0.1) is 11.3 Å². The number of H-pyrrole nitrogens is 2. The number of nitrogens with one attached hydrogen (secondary N) is 2. The number of rotatable bonds is 5. The van der Waals surface area contributed by atoms with Crippen LogP contribution in [0.1, 0.15) is 5.56 Å². The summed E-state index contributed by atoms with van der Waals surface area (Å²) in [5.74, 6) is 0.636. The van der Waals surface area contributed by atoms with E-state index in [1.807, 2.05) is 50.8 Å². The van der Waals surface area contributed by atoms with Crippen molar-refractivity contribution < 1.29 is 0 Å². The monoisotopic (exact) mass is 452 g/mol. The second-order valence-electron chi connectivity index (χ2n) is 8.10. The molecular formula is C24H20N8S. The van der Waals surface area contributed by atoms with Crippen LogP contribution in [0.3, 0.4) is 0 Å². The minimum Gasteiger partial charge on any atom is -0.321 e. The average molecular weight is 453 g/mol. The number of hydrogen-bond acceptors (Lipinski definition) is 7. The van der Waals surface area contributed by atoms with Gasteiger partial charge in [-0.05, 0) is 55.4 Å². The van der Waals surface area contributed by atoms with E-state index in [0.29, 0.717) is 11.5 Å². The van der Waals surface area contributed by atoms with E-state index in [4.69, 9.17) is 9.97 Å². The summed E-state index contributed by atoms with van der Waals surface area (Å²) >= 11 is 1.68. The van der Waals surface area contributed by atoms with Gasteiger partial charge >= 0.3 is 0 Å². The Kier molecular flexibility index (Phi) is 4.70. The highest BCUT2D eigenvalue weighted by Gasteiger charge is 2.17. The van der Waals surface area contributed by atoms with Gasteiger partial charge in [-0.25, -0.2) is 15.0 Å². The number of aromatic nitrogens is 7. The lowest BCUT2D eigenvalue weighted by atomic mass is 10.1. The summed E-state index contributed by atoms with van der Waals surface area (Å²) in [4.78, 5) is 25.3. The van der Waals surface area contributed by atoms with Crippen molar-refractivity contribution in [1.29, 1.82) is 0 Å². The SMILES string of the molecule is CN(C)Cc1cncc(-c2ccc3[nH]nc(-c4nc5c(-c6cccs6)ccnc5[nH]4)c3n2)c1. The second kappa shape index (κ2) is 7.88. The molecule has 0 aromatic carbocycles. The van der Waals surface area contributed by atoms with Crippen LogP contribution in [0.5, 0.6) is 0 Å². The molecule has 0 unspecified atom stereocenters. The molecule has 8 nitrogen and oxygen atoms in total. The predicted molar refractivity (Wildman–Crippen MR) is 131 cm³/mol. The van der Waals surface area contributed by atoms with Gasteiger partial charge in [0, 0.05) is 41.1 Å². The van der Waals surface area contributed by atoms with Gasteiger partial charge in [0.05, 0.1) is 11.2 Å². The van der Waals surface area contributed by atoms with Crippen LogP contribution in [0, 0.1) is 0 Å². The summed E-state index contributed by atoms with van der Waals surface area (Å²) in [5, 5.41) is 9.65. The first-order valence-electron chi connectivity index (χ1n) is 10.5. The summed E-state index contributed by atoms with van der Waals surface area (Å²) < 4.78 is 0. The molecule has 0 aliphatic carbocycles.